The maximum absolute atomic E-state index is 13.0. The van der Waals surface area contributed by atoms with Crippen LogP contribution in [0.2, 0.25) is 0 Å². The number of hydrogen-bond donors (Lipinski definition) is 2. The minimum absolute atomic E-state index is 0.186. The third-order valence-corrected chi connectivity index (χ3v) is 6.61. The molecule has 0 saturated carbocycles. The molecule has 2 aromatic carbocycles. The van der Waals surface area contributed by atoms with Crippen LogP contribution in [-0.4, -0.2) is 27.9 Å². The van der Waals surface area contributed by atoms with Crippen LogP contribution in [0.5, 0.6) is 5.75 Å². The lowest BCUT2D eigenvalue weighted by Gasteiger charge is -2.13. The fourth-order valence-corrected chi connectivity index (χ4v) is 4.71. The Labute approximate surface area is 205 Å². The Bertz CT molecular complexity index is 1460. The van der Waals surface area contributed by atoms with Gasteiger partial charge >= 0.3 is 5.97 Å². The van der Waals surface area contributed by atoms with Gasteiger partial charge < -0.3 is 19.8 Å². The van der Waals surface area contributed by atoms with Crippen LogP contribution < -0.4 is 15.6 Å². The summed E-state index contributed by atoms with van der Waals surface area (Å²) in [6, 6.07) is 14.7. The van der Waals surface area contributed by atoms with Crippen molar-refractivity contribution in [2.45, 2.75) is 40.4 Å². The summed E-state index contributed by atoms with van der Waals surface area (Å²) in [5.41, 5.74) is 2.91. The minimum atomic E-state index is -0.836. The van der Waals surface area contributed by atoms with Gasteiger partial charge in [-0.05, 0) is 57.0 Å². The van der Waals surface area contributed by atoms with Crippen molar-refractivity contribution < 1.29 is 19.1 Å². The molecule has 1 atom stereocenters. The van der Waals surface area contributed by atoms with Crippen LogP contribution in [0.25, 0.3) is 10.2 Å². The Morgan fingerprint density at radius 1 is 1.11 bits per heavy atom. The standard InChI is InChI=1S/C26H25N3O5S/c1-14-10-11-19(15(2)12-14)27-24(31)22-16(3)21-23(30)28-20(29-25(21)35-22)13-33-26(32)17(4)34-18-8-6-5-7-9-18/h5-12,17H,13H2,1-4H3,(H,27,31)(H,28,29,30)/t17-/m0/s1. The lowest BCUT2D eigenvalue weighted by Crippen LogP contribution is -2.26. The van der Waals surface area contributed by atoms with Crippen LogP contribution >= 0.6 is 11.3 Å². The van der Waals surface area contributed by atoms with Crippen molar-refractivity contribution in [2.75, 3.05) is 5.32 Å². The van der Waals surface area contributed by atoms with Crippen molar-refractivity contribution in [2.24, 2.45) is 0 Å². The SMILES string of the molecule is Cc1ccc(NC(=O)c2sc3nc(COC(=O)[C@H](C)Oc4ccccc4)[nH]c(=O)c3c2C)c(C)c1. The van der Waals surface area contributed by atoms with Gasteiger partial charge in [-0.3, -0.25) is 9.59 Å². The monoisotopic (exact) mass is 491 g/mol. The fraction of sp³-hybridized carbons (Fsp3) is 0.231. The Morgan fingerprint density at radius 3 is 2.57 bits per heavy atom. The zero-order valence-corrected chi connectivity index (χ0v) is 20.6. The van der Waals surface area contributed by atoms with Crippen molar-refractivity contribution in [3.8, 4) is 5.75 Å². The Morgan fingerprint density at radius 2 is 1.86 bits per heavy atom. The Kier molecular flexibility index (Phi) is 6.97. The van der Waals surface area contributed by atoms with Gasteiger partial charge in [0.15, 0.2) is 6.10 Å². The summed E-state index contributed by atoms with van der Waals surface area (Å²) < 4.78 is 10.8. The number of carbonyl (C=O) groups is 2. The van der Waals surface area contributed by atoms with E-state index in [2.05, 4.69) is 15.3 Å². The van der Waals surface area contributed by atoms with Gasteiger partial charge in [0.05, 0.1) is 10.3 Å². The number of nitrogens with zero attached hydrogens (tertiary/aromatic N) is 1. The van der Waals surface area contributed by atoms with Crippen molar-refractivity contribution in [1.82, 2.24) is 9.97 Å². The number of H-pyrrole nitrogens is 1. The van der Waals surface area contributed by atoms with Gasteiger partial charge in [0.2, 0.25) is 0 Å². The number of carbonyl (C=O) groups excluding carboxylic acids is 2. The molecular weight excluding hydrogens is 466 g/mol. The van der Waals surface area contributed by atoms with Gasteiger partial charge in [-0.2, -0.15) is 0 Å². The number of hydrogen-bond acceptors (Lipinski definition) is 7. The number of esters is 1. The van der Waals surface area contributed by atoms with E-state index in [1.54, 1.807) is 38.1 Å². The molecule has 0 unspecified atom stereocenters. The van der Waals surface area contributed by atoms with E-state index in [9.17, 15) is 14.4 Å². The molecule has 0 aliphatic heterocycles. The molecule has 0 fully saturated rings. The second kappa shape index (κ2) is 10.1. The zero-order valence-electron chi connectivity index (χ0n) is 19.8. The Hall–Kier alpha value is -3.98. The normalized spacial score (nSPS) is 11.8. The molecule has 2 aromatic heterocycles. The predicted molar refractivity (Wildman–Crippen MR) is 135 cm³/mol. The smallest absolute Gasteiger partial charge is 0.347 e. The maximum Gasteiger partial charge on any atom is 0.347 e. The number of aromatic nitrogens is 2. The lowest BCUT2D eigenvalue weighted by atomic mass is 10.1. The number of benzene rings is 2. The molecule has 9 heteroatoms. The molecule has 0 bridgehead atoms. The average Bonchev–Trinajstić information content (AvgIpc) is 3.16. The number of fused-ring (bicyclic) bond motifs is 1. The summed E-state index contributed by atoms with van der Waals surface area (Å²) >= 11 is 1.12. The van der Waals surface area contributed by atoms with E-state index in [4.69, 9.17) is 9.47 Å². The molecule has 180 valence electrons. The molecule has 2 N–H and O–H groups in total. The van der Waals surface area contributed by atoms with E-state index in [1.807, 2.05) is 38.1 Å². The van der Waals surface area contributed by atoms with Crippen LogP contribution in [0.15, 0.2) is 53.3 Å². The number of thiophene rings is 1. The minimum Gasteiger partial charge on any atom is -0.479 e. The van der Waals surface area contributed by atoms with E-state index in [0.29, 0.717) is 32.1 Å². The number of rotatable bonds is 7. The Balaban J connectivity index is 1.49. The zero-order chi connectivity index (χ0) is 25.1. The number of ether oxygens (including phenoxy) is 2. The van der Waals surface area contributed by atoms with Crippen LogP contribution in [0.4, 0.5) is 5.69 Å². The summed E-state index contributed by atoms with van der Waals surface area (Å²) in [6.45, 7) is 6.98. The molecule has 8 nitrogen and oxygen atoms in total. The molecule has 0 saturated heterocycles. The third-order valence-electron chi connectivity index (χ3n) is 5.43. The molecular formula is C26H25N3O5S. The van der Waals surface area contributed by atoms with E-state index in [1.165, 1.54) is 0 Å². The van der Waals surface area contributed by atoms with Crippen LogP contribution in [-0.2, 0) is 16.1 Å². The van der Waals surface area contributed by atoms with Gasteiger partial charge in [0.1, 0.15) is 23.0 Å². The summed E-state index contributed by atoms with van der Waals surface area (Å²) in [6.07, 6.45) is -0.836. The molecule has 4 aromatic rings. The molecule has 0 aliphatic rings. The van der Waals surface area contributed by atoms with Crippen molar-refractivity contribution in [3.05, 3.63) is 86.3 Å². The van der Waals surface area contributed by atoms with Crippen molar-refractivity contribution in [1.29, 1.82) is 0 Å². The second-order valence-electron chi connectivity index (χ2n) is 8.20. The molecule has 0 spiro atoms. The number of aryl methyl sites for hydroxylation is 3. The third kappa shape index (κ3) is 5.41. The number of nitrogens with one attached hydrogen (secondary N) is 2. The van der Waals surface area contributed by atoms with E-state index in [-0.39, 0.29) is 18.3 Å². The first-order valence-corrected chi connectivity index (χ1v) is 11.8. The van der Waals surface area contributed by atoms with Gasteiger partial charge in [0, 0.05) is 5.69 Å². The van der Waals surface area contributed by atoms with Gasteiger partial charge in [-0.25, -0.2) is 9.78 Å². The highest BCUT2D eigenvalue weighted by molar-refractivity contribution is 7.20. The van der Waals surface area contributed by atoms with E-state index < -0.39 is 17.6 Å². The van der Waals surface area contributed by atoms with Crippen molar-refractivity contribution in [3.63, 3.8) is 0 Å². The van der Waals surface area contributed by atoms with E-state index in [0.717, 1.165) is 22.5 Å². The highest BCUT2D eigenvalue weighted by Crippen LogP contribution is 2.28. The molecule has 35 heavy (non-hydrogen) atoms. The van der Waals surface area contributed by atoms with Crippen LogP contribution in [0.3, 0.4) is 0 Å². The first kappa shape index (κ1) is 24.2. The molecule has 2 heterocycles. The van der Waals surface area contributed by atoms with Gasteiger partial charge in [0.25, 0.3) is 11.5 Å². The summed E-state index contributed by atoms with van der Waals surface area (Å²) in [5, 5.41) is 3.25. The fourth-order valence-electron chi connectivity index (χ4n) is 3.61. The average molecular weight is 492 g/mol. The number of para-hydroxylation sites is 1. The predicted octanol–water partition coefficient (Wildman–Crippen LogP) is 4.67. The lowest BCUT2D eigenvalue weighted by molar-refractivity contribution is -0.152. The molecule has 4 rings (SSSR count). The molecule has 0 aliphatic carbocycles. The highest BCUT2D eigenvalue weighted by Gasteiger charge is 2.21. The largest absolute Gasteiger partial charge is 0.479 e. The number of amides is 1. The van der Waals surface area contributed by atoms with Crippen molar-refractivity contribution >= 4 is 39.1 Å². The number of aromatic amines is 1. The van der Waals surface area contributed by atoms with Crippen LogP contribution in [0, 0.1) is 20.8 Å². The summed E-state index contributed by atoms with van der Waals surface area (Å²) in [7, 11) is 0. The highest BCUT2D eigenvalue weighted by atomic mass is 32.1. The first-order valence-electron chi connectivity index (χ1n) is 11.0. The maximum atomic E-state index is 13.0. The van der Waals surface area contributed by atoms with Crippen LogP contribution in [0.1, 0.15) is 39.1 Å². The van der Waals surface area contributed by atoms with Gasteiger partial charge in [-0.15, -0.1) is 11.3 Å². The summed E-state index contributed by atoms with van der Waals surface area (Å²) in [4.78, 5) is 45.9. The second-order valence-corrected chi connectivity index (χ2v) is 9.20. The topological polar surface area (TPSA) is 110 Å². The van der Waals surface area contributed by atoms with E-state index >= 15 is 0 Å². The summed E-state index contributed by atoms with van der Waals surface area (Å²) in [5.74, 6) is -0.167. The number of anilines is 1. The van der Waals surface area contributed by atoms with Gasteiger partial charge in [-0.1, -0.05) is 35.9 Å². The first-order chi connectivity index (χ1) is 16.7. The quantitative estimate of drug-likeness (QED) is 0.364. The molecule has 1 amide bonds. The molecule has 0 radical (unpaired) electrons.